The standard InChI is InChI=1S/C19H27N3O3.ClH/c1-25-19(24)16-5-2-4-15(12-16)13-21-9-3-6-17(14-21)18(23)22-10-7-20-8-11-22;/h2,4-5,12,17,20H,3,6-11,13-14H2,1H3;1H. The summed E-state index contributed by atoms with van der Waals surface area (Å²) in [6.45, 7) is 5.97. The van der Waals surface area contributed by atoms with Crippen LogP contribution in [0.1, 0.15) is 28.8 Å². The van der Waals surface area contributed by atoms with Gasteiger partial charge in [0.2, 0.25) is 5.91 Å². The van der Waals surface area contributed by atoms with Crippen LogP contribution < -0.4 is 5.32 Å². The lowest BCUT2D eigenvalue weighted by molar-refractivity contribution is -0.138. The molecule has 0 saturated carbocycles. The molecule has 0 radical (unpaired) electrons. The molecule has 1 unspecified atom stereocenters. The van der Waals surface area contributed by atoms with Crippen molar-refractivity contribution in [3.05, 3.63) is 35.4 Å². The van der Waals surface area contributed by atoms with Gasteiger partial charge < -0.3 is 15.0 Å². The molecule has 0 aliphatic carbocycles. The molecule has 6 nitrogen and oxygen atoms in total. The Morgan fingerprint density at radius 1 is 1.23 bits per heavy atom. The van der Waals surface area contributed by atoms with Crippen LogP contribution in [-0.4, -0.2) is 68.1 Å². The van der Waals surface area contributed by atoms with E-state index in [4.69, 9.17) is 4.74 Å². The number of benzene rings is 1. The number of amides is 1. The molecule has 144 valence electrons. The average Bonchev–Trinajstić information content (AvgIpc) is 2.68. The minimum absolute atomic E-state index is 0. The number of rotatable bonds is 4. The molecule has 0 bridgehead atoms. The van der Waals surface area contributed by atoms with E-state index in [1.807, 2.05) is 23.1 Å². The molecule has 0 spiro atoms. The van der Waals surface area contributed by atoms with Gasteiger partial charge in [-0.3, -0.25) is 9.69 Å². The molecule has 2 aliphatic rings. The highest BCUT2D eigenvalue weighted by molar-refractivity contribution is 5.89. The Balaban J connectivity index is 0.00000243. The molecule has 7 heteroatoms. The number of hydrogen-bond acceptors (Lipinski definition) is 5. The normalized spacial score (nSPS) is 21.0. The molecule has 1 atom stereocenters. The fraction of sp³-hybridized carbons (Fsp3) is 0.579. The fourth-order valence-corrected chi connectivity index (χ4v) is 3.72. The zero-order valence-corrected chi connectivity index (χ0v) is 16.1. The van der Waals surface area contributed by atoms with Gasteiger partial charge in [-0.25, -0.2) is 4.79 Å². The smallest absolute Gasteiger partial charge is 0.337 e. The number of ether oxygens (including phenoxy) is 1. The third-order valence-corrected chi connectivity index (χ3v) is 5.04. The van der Waals surface area contributed by atoms with Gasteiger partial charge in [-0.15, -0.1) is 12.4 Å². The van der Waals surface area contributed by atoms with Crippen LogP contribution in [0.3, 0.4) is 0 Å². The number of piperazine rings is 1. The van der Waals surface area contributed by atoms with Crippen molar-refractivity contribution in [1.82, 2.24) is 15.1 Å². The van der Waals surface area contributed by atoms with E-state index >= 15 is 0 Å². The van der Waals surface area contributed by atoms with Gasteiger partial charge >= 0.3 is 5.97 Å². The van der Waals surface area contributed by atoms with E-state index in [0.29, 0.717) is 11.5 Å². The van der Waals surface area contributed by atoms with Crippen molar-refractivity contribution < 1.29 is 14.3 Å². The highest BCUT2D eigenvalue weighted by Crippen LogP contribution is 2.21. The molecule has 2 aliphatic heterocycles. The number of likely N-dealkylation sites (tertiary alicyclic amines) is 1. The molecule has 2 saturated heterocycles. The number of nitrogens with one attached hydrogen (secondary N) is 1. The molecule has 1 aromatic carbocycles. The Bertz CT molecular complexity index is 620. The van der Waals surface area contributed by atoms with Crippen molar-refractivity contribution in [3.8, 4) is 0 Å². The second-order valence-corrected chi connectivity index (χ2v) is 6.84. The van der Waals surface area contributed by atoms with E-state index in [1.54, 1.807) is 6.07 Å². The van der Waals surface area contributed by atoms with Crippen LogP contribution >= 0.6 is 12.4 Å². The van der Waals surface area contributed by atoms with Crippen molar-refractivity contribution in [2.45, 2.75) is 19.4 Å². The van der Waals surface area contributed by atoms with Crippen molar-refractivity contribution in [3.63, 3.8) is 0 Å². The number of carbonyl (C=O) groups is 2. The van der Waals surface area contributed by atoms with E-state index in [2.05, 4.69) is 10.2 Å². The maximum Gasteiger partial charge on any atom is 0.337 e. The third-order valence-electron chi connectivity index (χ3n) is 5.04. The third kappa shape index (κ3) is 5.19. The molecule has 2 fully saturated rings. The summed E-state index contributed by atoms with van der Waals surface area (Å²) in [7, 11) is 1.39. The lowest BCUT2D eigenvalue weighted by atomic mass is 9.95. The van der Waals surface area contributed by atoms with Crippen LogP contribution in [0.2, 0.25) is 0 Å². The first-order valence-electron chi connectivity index (χ1n) is 9.06. The molecular formula is C19H28ClN3O3. The summed E-state index contributed by atoms with van der Waals surface area (Å²) in [5.74, 6) is 0.0809. The number of halogens is 1. The summed E-state index contributed by atoms with van der Waals surface area (Å²) in [6, 6.07) is 7.55. The van der Waals surface area contributed by atoms with Crippen molar-refractivity contribution in [2.24, 2.45) is 5.92 Å². The lowest BCUT2D eigenvalue weighted by Gasteiger charge is -2.36. The molecule has 1 aromatic rings. The Kier molecular flexibility index (Phi) is 7.87. The maximum absolute atomic E-state index is 12.7. The highest BCUT2D eigenvalue weighted by atomic mass is 35.5. The summed E-state index contributed by atoms with van der Waals surface area (Å²) in [6.07, 6.45) is 2.01. The fourth-order valence-electron chi connectivity index (χ4n) is 3.72. The zero-order valence-electron chi connectivity index (χ0n) is 15.3. The lowest BCUT2D eigenvalue weighted by Crippen LogP contribution is -2.51. The predicted molar refractivity (Wildman–Crippen MR) is 102 cm³/mol. The van der Waals surface area contributed by atoms with E-state index in [0.717, 1.165) is 64.2 Å². The SMILES string of the molecule is COC(=O)c1cccc(CN2CCCC(C(=O)N3CCNCC3)C2)c1.Cl. The highest BCUT2D eigenvalue weighted by Gasteiger charge is 2.29. The predicted octanol–water partition coefficient (Wildman–Crippen LogP) is 1.54. The first-order chi connectivity index (χ1) is 12.2. The van der Waals surface area contributed by atoms with E-state index < -0.39 is 0 Å². The molecule has 1 amide bonds. The maximum atomic E-state index is 12.7. The molecule has 1 N–H and O–H groups in total. The van der Waals surface area contributed by atoms with Gasteiger partial charge in [-0.05, 0) is 37.1 Å². The quantitative estimate of drug-likeness (QED) is 0.801. The average molecular weight is 382 g/mol. The summed E-state index contributed by atoms with van der Waals surface area (Å²) >= 11 is 0. The first kappa shape index (κ1) is 20.7. The molecule has 3 rings (SSSR count). The van der Waals surface area contributed by atoms with Crippen molar-refractivity contribution in [2.75, 3.05) is 46.4 Å². The number of methoxy groups -OCH3 is 1. The van der Waals surface area contributed by atoms with Crippen LogP contribution in [0.25, 0.3) is 0 Å². The number of esters is 1. The van der Waals surface area contributed by atoms with E-state index in [-0.39, 0.29) is 24.3 Å². The van der Waals surface area contributed by atoms with Gasteiger partial charge in [0, 0.05) is 39.3 Å². The summed E-state index contributed by atoms with van der Waals surface area (Å²) < 4.78 is 4.79. The van der Waals surface area contributed by atoms with Gasteiger partial charge in [0.15, 0.2) is 0 Å². The summed E-state index contributed by atoms with van der Waals surface area (Å²) in [5.41, 5.74) is 1.66. The van der Waals surface area contributed by atoms with Crippen molar-refractivity contribution in [1.29, 1.82) is 0 Å². The van der Waals surface area contributed by atoms with Crippen LogP contribution in [0.5, 0.6) is 0 Å². The molecule has 0 aromatic heterocycles. The summed E-state index contributed by atoms with van der Waals surface area (Å²) in [4.78, 5) is 28.8. The minimum atomic E-state index is -0.313. The van der Waals surface area contributed by atoms with Crippen LogP contribution in [-0.2, 0) is 16.1 Å². The van der Waals surface area contributed by atoms with Gasteiger partial charge in [0.1, 0.15) is 0 Å². The Morgan fingerprint density at radius 3 is 2.73 bits per heavy atom. The number of hydrogen-bond donors (Lipinski definition) is 1. The molecule has 2 heterocycles. The Morgan fingerprint density at radius 2 is 2.00 bits per heavy atom. The van der Waals surface area contributed by atoms with Gasteiger partial charge in [-0.2, -0.15) is 0 Å². The summed E-state index contributed by atoms with van der Waals surface area (Å²) in [5, 5.41) is 3.29. The topological polar surface area (TPSA) is 61.9 Å². The van der Waals surface area contributed by atoms with Gasteiger partial charge in [0.05, 0.1) is 18.6 Å². The van der Waals surface area contributed by atoms with Crippen LogP contribution in [0.4, 0.5) is 0 Å². The van der Waals surface area contributed by atoms with Crippen LogP contribution in [0.15, 0.2) is 24.3 Å². The first-order valence-corrected chi connectivity index (χ1v) is 9.06. The zero-order chi connectivity index (χ0) is 17.6. The molecular weight excluding hydrogens is 354 g/mol. The Labute approximate surface area is 161 Å². The van der Waals surface area contributed by atoms with Gasteiger partial charge in [0.25, 0.3) is 0 Å². The number of piperidine rings is 1. The van der Waals surface area contributed by atoms with E-state index in [1.165, 1.54) is 7.11 Å². The second kappa shape index (κ2) is 9.90. The minimum Gasteiger partial charge on any atom is -0.465 e. The number of carbonyl (C=O) groups excluding carboxylic acids is 2. The second-order valence-electron chi connectivity index (χ2n) is 6.84. The Hall–Kier alpha value is -1.63. The number of nitrogens with zero attached hydrogens (tertiary/aromatic N) is 2. The molecule has 26 heavy (non-hydrogen) atoms. The largest absolute Gasteiger partial charge is 0.465 e. The van der Waals surface area contributed by atoms with Crippen molar-refractivity contribution >= 4 is 24.3 Å². The van der Waals surface area contributed by atoms with E-state index in [9.17, 15) is 9.59 Å². The van der Waals surface area contributed by atoms with Gasteiger partial charge in [-0.1, -0.05) is 12.1 Å². The van der Waals surface area contributed by atoms with Crippen LogP contribution in [0, 0.1) is 5.92 Å². The monoisotopic (exact) mass is 381 g/mol.